The Hall–Kier alpha value is -2.59. The number of allylic oxidation sites excluding steroid dienone is 2. The minimum absolute atomic E-state index is 0.346. The number of ether oxygens (including phenoxy) is 1. The second kappa shape index (κ2) is 8.61. The van der Waals surface area contributed by atoms with Gasteiger partial charge in [-0.1, -0.05) is 38.0 Å². The van der Waals surface area contributed by atoms with Crippen LogP contribution < -0.4 is 15.4 Å². The van der Waals surface area contributed by atoms with Crippen molar-refractivity contribution in [3.05, 3.63) is 72.2 Å². The van der Waals surface area contributed by atoms with E-state index in [1.807, 2.05) is 24.3 Å². The predicted octanol–water partition coefficient (Wildman–Crippen LogP) is 6.24. The van der Waals surface area contributed by atoms with Crippen LogP contribution >= 0.6 is 0 Å². The average Bonchev–Trinajstić information content (AvgIpc) is 2.71. The molecule has 146 valence electrons. The van der Waals surface area contributed by atoms with Crippen molar-refractivity contribution in [3.8, 4) is 11.5 Å². The van der Waals surface area contributed by atoms with Gasteiger partial charge in [-0.25, -0.2) is 4.39 Å². The van der Waals surface area contributed by atoms with Crippen LogP contribution in [0, 0.1) is 11.7 Å². The Labute approximate surface area is 166 Å². The molecule has 2 N–H and O–H groups in total. The molecule has 0 aromatic heterocycles. The molecule has 4 heteroatoms. The molecule has 0 atom stereocenters. The monoisotopic (exact) mass is 378 g/mol. The van der Waals surface area contributed by atoms with E-state index in [9.17, 15) is 4.39 Å². The summed E-state index contributed by atoms with van der Waals surface area (Å²) in [7, 11) is 0. The third kappa shape index (κ3) is 4.45. The topological polar surface area (TPSA) is 33.3 Å². The quantitative estimate of drug-likeness (QED) is 0.624. The van der Waals surface area contributed by atoms with Crippen molar-refractivity contribution in [2.45, 2.75) is 38.6 Å². The average molecular weight is 378 g/mol. The molecule has 0 radical (unpaired) electrons. The molecule has 3 nitrogen and oxygen atoms in total. The van der Waals surface area contributed by atoms with Gasteiger partial charge in [0.2, 0.25) is 0 Å². The maximum absolute atomic E-state index is 14.3. The maximum Gasteiger partial charge on any atom is 0.150 e. The lowest BCUT2D eigenvalue weighted by atomic mass is 9.89. The first-order valence-corrected chi connectivity index (χ1v) is 10.1. The lowest BCUT2D eigenvalue weighted by molar-refractivity contribution is 0.342. The Bertz CT molecular complexity index is 867. The third-order valence-corrected chi connectivity index (χ3v) is 5.57. The predicted molar refractivity (Wildman–Crippen MR) is 113 cm³/mol. The van der Waals surface area contributed by atoms with Gasteiger partial charge in [-0.15, -0.1) is 0 Å². The molecule has 0 saturated heterocycles. The second-order valence-corrected chi connectivity index (χ2v) is 7.71. The number of halogens is 1. The summed E-state index contributed by atoms with van der Waals surface area (Å²) in [6.45, 7) is 5.92. The van der Waals surface area contributed by atoms with Crippen LogP contribution in [0.25, 0.3) is 5.57 Å². The summed E-state index contributed by atoms with van der Waals surface area (Å²) < 4.78 is 20.2. The minimum atomic E-state index is -0.346. The van der Waals surface area contributed by atoms with Crippen molar-refractivity contribution in [2.75, 3.05) is 11.9 Å². The van der Waals surface area contributed by atoms with Gasteiger partial charge in [0, 0.05) is 24.4 Å². The molecular formula is C24H27FN2O. The number of benzene rings is 2. The maximum atomic E-state index is 14.3. The number of hydrogen-bond donors (Lipinski definition) is 2. The number of nitrogens with one attached hydrogen (secondary N) is 2. The fourth-order valence-electron chi connectivity index (χ4n) is 3.98. The molecule has 4 rings (SSSR count). The van der Waals surface area contributed by atoms with E-state index in [0.717, 1.165) is 30.1 Å². The van der Waals surface area contributed by atoms with Crippen molar-refractivity contribution in [1.29, 1.82) is 0 Å². The number of anilines is 1. The van der Waals surface area contributed by atoms with Crippen LogP contribution in [0.3, 0.4) is 0 Å². The smallest absolute Gasteiger partial charge is 0.150 e. The Balaban J connectivity index is 1.35. The van der Waals surface area contributed by atoms with Gasteiger partial charge >= 0.3 is 0 Å². The fourth-order valence-corrected chi connectivity index (χ4v) is 3.98. The highest BCUT2D eigenvalue weighted by molar-refractivity contribution is 5.85. The molecule has 1 fully saturated rings. The van der Waals surface area contributed by atoms with Gasteiger partial charge in [0.1, 0.15) is 11.5 Å². The summed E-state index contributed by atoms with van der Waals surface area (Å²) in [6, 6.07) is 11.2. The summed E-state index contributed by atoms with van der Waals surface area (Å²) in [5.41, 5.74) is 3.15. The highest BCUT2D eigenvalue weighted by Crippen LogP contribution is 2.35. The van der Waals surface area contributed by atoms with Crippen molar-refractivity contribution < 1.29 is 9.13 Å². The number of rotatable bonds is 6. The minimum Gasteiger partial charge on any atom is -0.457 e. The molecule has 1 aliphatic heterocycles. The van der Waals surface area contributed by atoms with Crippen LogP contribution in [0.2, 0.25) is 0 Å². The van der Waals surface area contributed by atoms with E-state index >= 15 is 0 Å². The van der Waals surface area contributed by atoms with E-state index in [0.29, 0.717) is 17.2 Å². The molecule has 1 heterocycles. The van der Waals surface area contributed by atoms with E-state index in [1.165, 1.54) is 43.7 Å². The number of hydrogen-bond acceptors (Lipinski definition) is 3. The van der Waals surface area contributed by atoms with E-state index < -0.39 is 0 Å². The van der Waals surface area contributed by atoms with Crippen LogP contribution in [-0.4, -0.2) is 6.54 Å². The standard InChI is InChI=1S/C24H27FN2O/c1-17-11-12-27-24-22(17)13-21(14-23(24)25)28-20-9-7-19(8-10-20)16-26-15-18-5-3-2-4-6-18/h7-14,18,26-27H,1-6,15-16H2. The van der Waals surface area contributed by atoms with Gasteiger partial charge in [-0.2, -0.15) is 0 Å². The lowest BCUT2D eigenvalue weighted by Gasteiger charge is -2.21. The first-order chi connectivity index (χ1) is 13.7. The molecule has 2 aromatic carbocycles. The molecule has 0 bridgehead atoms. The van der Waals surface area contributed by atoms with Crippen LogP contribution in [-0.2, 0) is 6.54 Å². The van der Waals surface area contributed by atoms with Crippen LogP contribution in [0.1, 0.15) is 43.2 Å². The van der Waals surface area contributed by atoms with E-state index in [4.69, 9.17) is 4.74 Å². The first-order valence-electron chi connectivity index (χ1n) is 10.1. The largest absolute Gasteiger partial charge is 0.457 e. The van der Waals surface area contributed by atoms with Gasteiger partial charge in [-0.05, 0) is 60.7 Å². The summed E-state index contributed by atoms with van der Waals surface area (Å²) in [4.78, 5) is 0. The first kappa shape index (κ1) is 18.8. The van der Waals surface area contributed by atoms with Gasteiger partial charge in [-0.3, -0.25) is 0 Å². The zero-order chi connectivity index (χ0) is 19.3. The lowest BCUT2D eigenvalue weighted by Crippen LogP contribution is -2.24. The Morgan fingerprint density at radius 3 is 2.64 bits per heavy atom. The summed E-state index contributed by atoms with van der Waals surface area (Å²) in [6.07, 6.45) is 10.4. The Morgan fingerprint density at radius 2 is 1.86 bits per heavy atom. The summed E-state index contributed by atoms with van der Waals surface area (Å²) in [5, 5.41) is 6.50. The highest BCUT2D eigenvalue weighted by atomic mass is 19.1. The van der Waals surface area contributed by atoms with Crippen molar-refractivity contribution in [3.63, 3.8) is 0 Å². The Morgan fingerprint density at radius 1 is 1.07 bits per heavy atom. The molecule has 0 unspecified atom stereocenters. The highest BCUT2D eigenvalue weighted by Gasteiger charge is 2.16. The van der Waals surface area contributed by atoms with E-state index in [1.54, 1.807) is 6.20 Å². The molecule has 2 aliphatic rings. The van der Waals surface area contributed by atoms with Crippen LogP contribution in [0.4, 0.5) is 10.1 Å². The molecule has 1 aliphatic carbocycles. The third-order valence-electron chi connectivity index (χ3n) is 5.57. The summed E-state index contributed by atoms with van der Waals surface area (Å²) in [5.74, 6) is 1.65. The molecule has 1 saturated carbocycles. The molecule has 2 aromatic rings. The molecule has 0 spiro atoms. The number of fused-ring (bicyclic) bond motifs is 1. The SMILES string of the molecule is C=C1C=CNc2c(F)cc(Oc3ccc(CNCC4CCCCC4)cc3)cc21. The zero-order valence-electron chi connectivity index (χ0n) is 16.1. The normalized spacial score (nSPS) is 16.5. The fraction of sp³-hybridized carbons (Fsp3) is 0.333. The molecule has 28 heavy (non-hydrogen) atoms. The van der Waals surface area contributed by atoms with E-state index in [-0.39, 0.29) is 5.82 Å². The zero-order valence-corrected chi connectivity index (χ0v) is 16.1. The van der Waals surface area contributed by atoms with E-state index in [2.05, 4.69) is 29.3 Å². The van der Waals surface area contributed by atoms with Crippen LogP contribution in [0.15, 0.2) is 55.3 Å². The van der Waals surface area contributed by atoms with Gasteiger partial charge in [0.15, 0.2) is 5.82 Å². The summed E-state index contributed by atoms with van der Waals surface area (Å²) >= 11 is 0. The molecular weight excluding hydrogens is 351 g/mol. The van der Waals surface area contributed by atoms with Gasteiger partial charge in [0.25, 0.3) is 0 Å². The van der Waals surface area contributed by atoms with Crippen LogP contribution in [0.5, 0.6) is 11.5 Å². The molecule has 0 amide bonds. The van der Waals surface area contributed by atoms with Gasteiger partial charge in [0.05, 0.1) is 5.69 Å². The second-order valence-electron chi connectivity index (χ2n) is 7.71. The Kier molecular flexibility index (Phi) is 5.77. The van der Waals surface area contributed by atoms with Crippen molar-refractivity contribution >= 4 is 11.3 Å². The van der Waals surface area contributed by atoms with Crippen molar-refractivity contribution in [1.82, 2.24) is 5.32 Å². The van der Waals surface area contributed by atoms with Gasteiger partial charge < -0.3 is 15.4 Å². The van der Waals surface area contributed by atoms with Crippen molar-refractivity contribution in [2.24, 2.45) is 5.92 Å².